The summed E-state index contributed by atoms with van der Waals surface area (Å²) in [6, 6.07) is 20.9. The first-order chi connectivity index (χ1) is 20.8. The third-order valence-corrected chi connectivity index (χ3v) is 7.70. The van der Waals surface area contributed by atoms with Gasteiger partial charge < -0.3 is 20.9 Å². The smallest absolute Gasteiger partial charge is 0.271 e. The fourth-order valence-corrected chi connectivity index (χ4v) is 5.44. The van der Waals surface area contributed by atoms with Crippen LogP contribution in [-0.2, 0) is 11.2 Å². The monoisotopic (exact) mass is 581 g/mol. The van der Waals surface area contributed by atoms with Crippen LogP contribution >= 0.6 is 0 Å². The number of nitrogens with one attached hydrogen (secondary N) is 3. The summed E-state index contributed by atoms with van der Waals surface area (Å²) >= 11 is 0. The SMILES string of the molecule is CN(C)c1nc(NC2CCC(CNC(=O)Cc3ccccc3C(=O)Nc3cccc([N+](=O)[O-])c3)CC2)nc2ccccc12. The Morgan fingerprint density at radius 3 is 2.47 bits per heavy atom. The summed E-state index contributed by atoms with van der Waals surface area (Å²) in [6.07, 6.45) is 3.90. The van der Waals surface area contributed by atoms with Gasteiger partial charge in [-0.25, -0.2) is 4.98 Å². The molecule has 43 heavy (non-hydrogen) atoms. The second-order valence-corrected chi connectivity index (χ2v) is 11.0. The Morgan fingerprint density at radius 2 is 1.70 bits per heavy atom. The Morgan fingerprint density at radius 1 is 0.953 bits per heavy atom. The van der Waals surface area contributed by atoms with Crippen molar-refractivity contribution in [3.05, 3.63) is 94.0 Å². The zero-order valence-corrected chi connectivity index (χ0v) is 24.2. The third kappa shape index (κ3) is 7.42. The highest BCUT2D eigenvalue weighted by Gasteiger charge is 2.23. The molecule has 0 radical (unpaired) electrons. The number of nitrogens with zero attached hydrogens (tertiary/aromatic N) is 4. The van der Waals surface area contributed by atoms with Crippen molar-refractivity contribution < 1.29 is 14.5 Å². The van der Waals surface area contributed by atoms with Crippen molar-refractivity contribution >= 4 is 45.9 Å². The molecule has 0 unspecified atom stereocenters. The van der Waals surface area contributed by atoms with Gasteiger partial charge in [-0.05, 0) is 61.4 Å². The molecular formula is C32H35N7O4. The maximum atomic E-state index is 13.0. The van der Waals surface area contributed by atoms with Gasteiger partial charge in [0.25, 0.3) is 11.6 Å². The fourth-order valence-electron chi connectivity index (χ4n) is 5.44. The number of non-ortho nitro benzene ring substituents is 1. The van der Waals surface area contributed by atoms with Gasteiger partial charge in [0.05, 0.1) is 16.9 Å². The topological polar surface area (TPSA) is 142 Å². The van der Waals surface area contributed by atoms with Gasteiger partial charge in [0.1, 0.15) is 5.82 Å². The van der Waals surface area contributed by atoms with Crippen molar-refractivity contribution in [2.45, 2.75) is 38.1 Å². The number of hydrogen-bond acceptors (Lipinski definition) is 8. The number of aromatic nitrogens is 2. The number of rotatable bonds is 10. The molecule has 1 heterocycles. The van der Waals surface area contributed by atoms with Gasteiger partial charge >= 0.3 is 0 Å². The van der Waals surface area contributed by atoms with Gasteiger partial charge in [-0.3, -0.25) is 19.7 Å². The van der Waals surface area contributed by atoms with Gasteiger partial charge in [-0.1, -0.05) is 36.4 Å². The van der Waals surface area contributed by atoms with E-state index in [9.17, 15) is 19.7 Å². The number of para-hydroxylation sites is 1. The van der Waals surface area contributed by atoms with E-state index in [1.165, 1.54) is 18.2 Å². The second kappa shape index (κ2) is 13.3. The number of carbonyl (C=O) groups excluding carboxylic acids is 2. The summed E-state index contributed by atoms with van der Waals surface area (Å²) < 4.78 is 0. The molecule has 11 heteroatoms. The summed E-state index contributed by atoms with van der Waals surface area (Å²) in [5.74, 6) is 1.30. The van der Waals surface area contributed by atoms with E-state index in [4.69, 9.17) is 9.97 Å². The van der Waals surface area contributed by atoms with Crippen LogP contribution in [0.5, 0.6) is 0 Å². The molecule has 1 aliphatic rings. The normalized spacial score (nSPS) is 16.3. The van der Waals surface area contributed by atoms with Crippen LogP contribution in [0.3, 0.4) is 0 Å². The van der Waals surface area contributed by atoms with Crippen LogP contribution in [0.25, 0.3) is 10.9 Å². The standard InChI is InChI=1S/C32H35N7O4/c1-38(2)30-27-12-5-6-13-28(27)36-32(37-30)35-23-16-14-21(15-17-23)20-33-29(40)18-22-8-3-4-11-26(22)31(41)34-24-9-7-10-25(19-24)39(42)43/h3-13,19,21,23H,14-18,20H2,1-2H3,(H,33,40)(H,34,41)(H,35,36,37). The number of carbonyl (C=O) groups is 2. The van der Waals surface area contributed by atoms with Crippen molar-refractivity contribution in [2.75, 3.05) is 36.2 Å². The predicted molar refractivity (Wildman–Crippen MR) is 167 cm³/mol. The Labute approximate surface area is 249 Å². The summed E-state index contributed by atoms with van der Waals surface area (Å²) in [6.45, 7) is 0.574. The van der Waals surface area contributed by atoms with E-state index in [1.54, 1.807) is 30.3 Å². The van der Waals surface area contributed by atoms with E-state index < -0.39 is 10.8 Å². The van der Waals surface area contributed by atoms with Crippen molar-refractivity contribution in [1.82, 2.24) is 15.3 Å². The first kappa shape index (κ1) is 29.4. The third-order valence-electron chi connectivity index (χ3n) is 7.70. The predicted octanol–water partition coefficient (Wildman–Crippen LogP) is 5.19. The molecule has 1 aliphatic carbocycles. The van der Waals surface area contributed by atoms with Crippen LogP contribution < -0.4 is 20.9 Å². The molecule has 1 fully saturated rings. The second-order valence-electron chi connectivity index (χ2n) is 11.0. The number of benzene rings is 3. The highest BCUT2D eigenvalue weighted by atomic mass is 16.6. The van der Waals surface area contributed by atoms with Crippen molar-refractivity contribution in [1.29, 1.82) is 0 Å². The minimum Gasteiger partial charge on any atom is -0.362 e. The molecule has 5 rings (SSSR count). The number of fused-ring (bicyclic) bond motifs is 1. The van der Waals surface area contributed by atoms with Crippen LogP contribution in [0.15, 0.2) is 72.8 Å². The number of hydrogen-bond donors (Lipinski definition) is 3. The zero-order valence-electron chi connectivity index (χ0n) is 24.2. The quantitative estimate of drug-likeness (QED) is 0.172. The molecule has 0 spiro atoms. The Bertz CT molecular complexity index is 1630. The van der Waals surface area contributed by atoms with Gasteiger partial charge in [-0.15, -0.1) is 0 Å². The van der Waals surface area contributed by atoms with E-state index in [1.807, 2.05) is 43.3 Å². The Kier molecular flexibility index (Phi) is 9.09. The number of nitro groups is 1. The van der Waals surface area contributed by atoms with E-state index in [2.05, 4.69) is 16.0 Å². The van der Waals surface area contributed by atoms with Gasteiger partial charge in [0.2, 0.25) is 11.9 Å². The summed E-state index contributed by atoms with van der Waals surface area (Å²) in [7, 11) is 3.96. The van der Waals surface area contributed by atoms with Crippen LogP contribution in [0.4, 0.5) is 23.1 Å². The molecule has 1 saturated carbocycles. The maximum Gasteiger partial charge on any atom is 0.271 e. The number of nitro benzene ring substituents is 1. The average molecular weight is 582 g/mol. The molecule has 222 valence electrons. The van der Waals surface area contributed by atoms with Crippen molar-refractivity contribution in [3.63, 3.8) is 0 Å². The van der Waals surface area contributed by atoms with E-state index in [-0.39, 0.29) is 24.1 Å². The molecule has 0 atom stereocenters. The lowest BCUT2D eigenvalue weighted by atomic mass is 9.86. The van der Waals surface area contributed by atoms with Crippen LogP contribution in [0, 0.1) is 16.0 Å². The largest absolute Gasteiger partial charge is 0.362 e. The molecule has 4 aromatic rings. The van der Waals surface area contributed by atoms with Crippen LogP contribution in [0.2, 0.25) is 0 Å². The van der Waals surface area contributed by atoms with Crippen LogP contribution in [0.1, 0.15) is 41.6 Å². The molecule has 3 aromatic carbocycles. The lowest BCUT2D eigenvalue weighted by molar-refractivity contribution is -0.384. The molecular weight excluding hydrogens is 546 g/mol. The summed E-state index contributed by atoms with van der Waals surface area (Å²) in [4.78, 5) is 47.8. The molecule has 3 N–H and O–H groups in total. The summed E-state index contributed by atoms with van der Waals surface area (Å²) in [5, 5.41) is 21.3. The summed E-state index contributed by atoms with van der Waals surface area (Å²) in [5.41, 5.74) is 2.04. The van der Waals surface area contributed by atoms with Gasteiger partial charge in [-0.2, -0.15) is 4.98 Å². The lowest BCUT2D eigenvalue weighted by Crippen LogP contribution is -2.35. The highest BCUT2D eigenvalue weighted by molar-refractivity contribution is 6.06. The molecule has 0 aliphatic heterocycles. The molecule has 2 amide bonds. The lowest BCUT2D eigenvalue weighted by Gasteiger charge is -2.29. The Hall–Kier alpha value is -5.06. The first-order valence-electron chi connectivity index (χ1n) is 14.4. The average Bonchev–Trinajstić information content (AvgIpc) is 3.00. The van der Waals surface area contributed by atoms with E-state index in [0.29, 0.717) is 35.2 Å². The molecule has 0 saturated heterocycles. The highest BCUT2D eigenvalue weighted by Crippen LogP contribution is 2.28. The Balaban J connectivity index is 1.11. The van der Waals surface area contributed by atoms with Crippen LogP contribution in [-0.4, -0.2) is 53.4 Å². The molecule has 11 nitrogen and oxygen atoms in total. The molecule has 1 aromatic heterocycles. The minimum absolute atomic E-state index is 0.0585. The minimum atomic E-state index is -0.517. The zero-order chi connectivity index (χ0) is 30.3. The van der Waals surface area contributed by atoms with E-state index >= 15 is 0 Å². The fraction of sp³-hybridized carbons (Fsp3) is 0.312. The van der Waals surface area contributed by atoms with E-state index in [0.717, 1.165) is 42.4 Å². The molecule has 0 bridgehead atoms. The van der Waals surface area contributed by atoms with Crippen molar-refractivity contribution in [3.8, 4) is 0 Å². The number of anilines is 3. The first-order valence-corrected chi connectivity index (χ1v) is 14.4. The number of amides is 2. The van der Waals surface area contributed by atoms with Gasteiger partial charge in [0, 0.05) is 55.5 Å². The maximum absolute atomic E-state index is 13.0. The van der Waals surface area contributed by atoms with Crippen molar-refractivity contribution in [2.24, 2.45) is 5.92 Å². The van der Waals surface area contributed by atoms with Gasteiger partial charge in [0.15, 0.2) is 0 Å².